The normalized spacial score (nSPS) is 17.6. The number of hydrogen-bond donors (Lipinski definition) is 3. The predicted molar refractivity (Wildman–Crippen MR) is 73.0 cm³/mol. The van der Waals surface area contributed by atoms with Gasteiger partial charge in [-0.15, -0.1) is 0 Å². The van der Waals surface area contributed by atoms with Crippen LogP contribution in [0.3, 0.4) is 0 Å². The molecule has 1 aromatic rings. The molecule has 1 heterocycles. The van der Waals surface area contributed by atoms with Crippen LogP contribution in [0.4, 0.5) is 4.79 Å². The molecule has 6 nitrogen and oxygen atoms in total. The molecule has 0 spiro atoms. The molecule has 2 rings (SSSR count). The van der Waals surface area contributed by atoms with Crippen LogP contribution in [-0.2, 0) is 16.1 Å². The van der Waals surface area contributed by atoms with Gasteiger partial charge in [-0.2, -0.15) is 0 Å². The van der Waals surface area contributed by atoms with E-state index in [9.17, 15) is 14.4 Å². The molecule has 1 atom stereocenters. The molecule has 0 radical (unpaired) electrons. The minimum Gasteiger partial charge on any atom is -0.352 e. The third-order valence-electron chi connectivity index (χ3n) is 2.95. The molecule has 7 heteroatoms. The van der Waals surface area contributed by atoms with Crippen molar-refractivity contribution in [1.29, 1.82) is 0 Å². The molecule has 0 aliphatic carbocycles. The standard InChI is InChI=1S/C13H14ClN3O3/c14-9-4-2-1-3-8(9)7-15-11(18)6-5-10-12(19)17-13(20)16-10/h1-4,10H,5-7H2,(H,15,18)(H2,16,17,19,20)/t10-/m1/s1. The van der Waals surface area contributed by atoms with Crippen LogP contribution in [-0.4, -0.2) is 23.9 Å². The lowest BCUT2D eigenvalue weighted by Gasteiger charge is -2.09. The van der Waals surface area contributed by atoms with Crippen molar-refractivity contribution in [3.63, 3.8) is 0 Å². The maximum atomic E-state index is 11.7. The second-order valence-corrected chi connectivity index (χ2v) is 4.83. The van der Waals surface area contributed by atoms with Crippen molar-refractivity contribution in [3.8, 4) is 0 Å². The lowest BCUT2D eigenvalue weighted by atomic mass is 10.1. The third kappa shape index (κ3) is 3.71. The highest BCUT2D eigenvalue weighted by Gasteiger charge is 2.29. The summed E-state index contributed by atoms with van der Waals surface area (Å²) in [4.78, 5) is 33.9. The van der Waals surface area contributed by atoms with Gasteiger partial charge in [-0.1, -0.05) is 29.8 Å². The predicted octanol–water partition coefficient (Wildman–Crippen LogP) is 0.944. The molecule has 0 saturated carbocycles. The first kappa shape index (κ1) is 14.3. The molecule has 3 N–H and O–H groups in total. The average molecular weight is 296 g/mol. The van der Waals surface area contributed by atoms with Gasteiger partial charge in [-0.05, 0) is 18.1 Å². The van der Waals surface area contributed by atoms with E-state index in [-0.39, 0.29) is 18.7 Å². The maximum absolute atomic E-state index is 11.7. The van der Waals surface area contributed by atoms with E-state index < -0.39 is 18.0 Å². The molecule has 106 valence electrons. The number of nitrogens with one attached hydrogen (secondary N) is 3. The molecule has 1 aromatic carbocycles. The van der Waals surface area contributed by atoms with Crippen molar-refractivity contribution >= 4 is 29.4 Å². The number of rotatable bonds is 5. The maximum Gasteiger partial charge on any atom is 0.322 e. The lowest BCUT2D eigenvalue weighted by Crippen LogP contribution is -2.31. The Bertz CT molecular complexity index is 547. The fraction of sp³-hybridized carbons (Fsp3) is 0.308. The summed E-state index contributed by atoms with van der Waals surface area (Å²) in [5.41, 5.74) is 0.828. The molecule has 1 aliphatic heterocycles. The van der Waals surface area contributed by atoms with E-state index in [1.807, 2.05) is 18.2 Å². The largest absolute Gasteiger partial charge is 0.352 e. The summed E-state index contributed by atoms with van der Waals surface area (Å²) in [7, 11) is 0. The van der Waals surface area contributed by atoms with Gasteiger partial charge in [0.1, 0.15) is 6.04 Å². The summed E-state index contributed by atoms with van der Waals surface area (Å²) in [6, 6.07) is 6.08. The highest BCUT2D eigenvalue weighted by atomic mass is 35.5. The minimum atomic E-state index is -0.631. The second kappa shape index (κ2) is 6.38. The van der Waals surface area contributed by atoms with Gasteiger partial charge >= 0.3 is 6.03 Å². The molecular formula is C13H14ClN3O3. The van der Waals surface area contributed by atoms with Crippen LogP contribution in [0.2, 0.25) is 5.02 Å². The number of hydrogen-bond acceptors (Lipinski definition) is 3. The quantitative estimate of drug-likeness (QED) is 0.707. The summed E-state index contributed by atoms with van der Waals surface area (Å²) in [5, 5.41) is 7.87. The number of amides is 4. The zero-order valence-corrected chi connectivity index (χ0v) is 11.4. The Balaban J connectivity index is 1.75. The topological polar surface area (TPSA) is 87.3 Å². The molecule has 0 aromatic heterocycles. The summed E-state index contributed by atoms with van der Waals surface area (Å²) in [6.07, 6.45) is 0.425. The summed E-state index contributed by atoms with van der Waals surface area (Å²) < 4.78 is 0. The Kier molecular flexibility index (Phi) is 4.57. The van der Waals surface area contributed by atoms with Crippen LogP contribution in [0.25, 0.3) is 0 Å². The van der Waals surface area contributed by atoms with Gasteiger partial charge in [0, 0.05) is 18.0 Å². The molecule has 1 fully saturated rings. The SMILES string of the molecule is O=C(CC[C@H]1NC(=O)NC1=O)NCc1ccccc1Cl. The van der Waals surface area contributed by atoms with Crippen molar-refractivity contribution in [2.24, 2.45) is 0 Å². The van der Waals surface area contributed by atoms with Crippen LogP contribution in [0.5, 0.6) is 0 Å². The van der Waals surface area contributed by atoms with Gasteiger partial charge in [-0.25, -0.2) is 4.79 Å². The van der Waals surface area contributed by atoms with Crippen molar-refractivity contribution in [2.45, 2.75) is 25.4 Å². The number of benzene rings is 1. The van der Waals surface area contributed by atoms with E-state index in [0.29, 0.717) is 11.6 Å². The van der Waals surface area contributed by atoms with E-state index in [1.54, 1.807) is 6.07 Å². The number of imide groups is 1. The molecule has 20 heavy (non-hydrogen) atoms. The molecular weight excluding hydrogens is 282 g/mol. The van der Waals surface area contributed by atoms with Crippen molar-refractivity contribution in [1.82, 2.24) is 16.0 Å². The first-order valence-electron chi connectivity index (χ1n) is 6.17. The Morgan fingerprint density at radius 3 is 2.70 bits per heavy atom. The van der Waals surface area contributed by atoms with E-state index in [2.05, 4.69) is 16.0 Å². The summed E-state index contributed by atoms with van der Waals surface area (Å²) >= 11 is 5.97. The zero-order valence-electron chi connectivity index (χ0n) is 10.6. The van der Waals surface area contributed by atoms with Gasteiger partial charge < -0.3 is 10.6 Å². The smallest absolute Gasteiger partial charge is 0.322 e. The second-order valence-electron chi connectivity index (χ2n) is 4.42. The molecule has 0 unspecified atom stereocenters. The highest BCUT2D eigenvalue weighted by Crippen LogP contribution is 2.14. The monoisotopic (exact) mass is 295 g/mol. The van der Waals surface area contributed by atoms with E-state index in [0.717, 1.165) is 5.56 Å². The Labute approximate surface area is 120 Å². The van der Waals surface area contributed by atoms with Gasteiger partial charge in [0.25, 0.3) is 5.91 Å². The van der Waals surface area contributed by atoms with Crippen LogP contribution in [0.1, 0.15) is 18.4 Å². The number of halogens is 1. The van der Waals surface area contributed by atoms with Gasteiger partial charge in [0.15, 0.2) is 0 Å². The van der Waals surface area contributed by atoms with Crippen LogP contribution in [0.15, 0.2) is 24.3 Å². The Morgan fingerprint density at radius 2 is 2.05 bits per heavy atom. The van der Waals surface area contributed by atoms with Gasteiger partial charge in [0.05, 0.1) is 0 Å². The molecule has 0 bridgehead atoms. The van der Waals surface area contributed by atoms with Crippen LogP contribution < -0.4 is 16.0 Å². The van der Waals surface area contributed by atoms with Crippen molar-refractivity contribution < 1.29 is 14.4 Å². The summed E-state index contributed by atoms with van der Waals surface area (Å²) in [5.74, 6) is -0.590. The van der Waals surface area contributed by atoms with Crippen molar-refractivity contribution in [3.05, 3.63) is 34.9 Å². The fourth-order valence-corrected chi connectivity index (χ4v) is 2.06. The lowest BCUT2D eigenvalue weighted by molar-refractivity contribution is -0.122. The van der Waals surface area contributed by atoms with Gasteiger partial charge in [-0.3, -0.25) is 14.9 Å². The molecule has 4 amide bonds. The zero-order chi connectivity index (χ0) is 14.5. The Morgan fingerprint density at radius 1 is 1.30 bits per heavy atom. The van der Waals surface area contributed by atoms with Gasteiger partial charge in [0.2, 0.25) is 5.91 Å². The number of carbonyl (C=O) groups is 3. The number of urea groups is 1. The number of carbonyl (C=O) groups excluding carboxylic acids is 3. The molecule has 1 aliphatic rings. The minimum absolute atomic E-state index is 0.156. The van der Waals surface area contributed by atoms with Crippen molar-refractivity contribution in [2.75, 3.05) is 0 Å². The summed E-state index contributed by atoms with van der Waals surface area (Å²) in [6.45, 7) is 0.335. The van der Waals surface area contributed by atoms with E-state index in [4.69, 9.17) is 11.6 Å². The van der Waals surface area contributed by atoms with Crippen LogP contribution >= 0.6 is 11.6 Å². The first-order valence-corrected chi connectivity index (χ1v) is 6.55. The third-order valence-corrected chi connectivity index (χ3v) is 3.32. The first-order chi connectivity index (χ1) is 9.56. The van der Waals surface area contributed by atoms with E-state index in [1.165, 1.54) is 0 Å². The van der Waals surface area contributed by atoms with E-state index >= 15 is 0 Å². The highest BCUT2D eigenvalue weighted by molar-refractivity contribution is 6.31. The molecule has 1 saturated heterocycles. The van der Waals surface area contributed by atoms with Crippen LogP contribution in [0, 0.1) is 0 Å². The Hall–Kier alpha value is -2.08. The fourth-order valence-electron chi connectivity index (χ4n) is 1.86. The average Bonchev–Trinajstić information content (AvgIpc) is 2.74.